The Morgan fingerprint density at radius 2 is 2.33 bits per heavy atom. The highest BCUT2D eigenvalue weighted by molar-refractivity contribution is 8.00. The number of hydrogen-bond donors (Lipinski definition) is 2. The molecule has 1 fully saturated rings. The van der Waals surface area contributed by atoms with Crippen molar-refractivity contribution in [3.05, 3.63) is 0 Å². The topological polar surface area (TPSA) is 50.4 Å². The van der Waals surface area contributed by atoms with E-state index in [0.717, 1.165) is 6.42 Å². The number of hydrazone groups is 1. The second kappa shape index (κ2) is 5.70. The van der Waals surface area contributed by atoms with Crippen LogP contribution in [0.5, 0.6) is 0 Å². The molecule has 5 heteroatoms. The number of nitrogens with one attached hydrogen (secondary N) is 1. The van der Waals surface area contributed by atoms with Crippen LogP contribution in [0.2, 0.25) is 0 Å². The van der Waals surface area contributed by atoms with Gasteiger partial charge in [-0.25, -0.2) is 0 Å². The molecular weight excluding hydrogens is 226 g/mol. The third-order valence-electron chi connectivity index (χ3n) is 2.70. The molecule has 1 rings (SSSR count). The second-order valence-corrected chi connectivity index (χ2v) is 6.09. The van der Waals surface area contributed by atoms with Crippen LogP contribution in [0.3, 0.4) is 0 Å². The van der Waals surface area contributed by atoms with Crippen molar-refractivity contribution in [3.8, 4) is 0 Å². The van der Waals surface area contributed by atoms with E-state index in [9.17, 15) is 0 Å². The average Bonchev–Trinajstić information content (AvgIpc) is 2.18. The lowest BCUT2D eigenvalue weighted by molar-refractivity contribution is 0.645. The Bertz CT molecular complexity index is 265. The van der Waals surface area contributed by atoms with Crippen LogP contribution in [-0.2, 0) is 0 Å². The quantitative estimate of drug-likeness (QED) is 0.578. The lowest BCUT2D eigenvalue weighted by Crippen LogP contribution is -2.35. The van der Waals surface area contributed by atoms with Gasteiger partial charge in [0.2, 0.25) is 0 Å². The van der Waals surface area contributed by atoms with E-state index in [4.69, 9.17) is 18.0 Å². The van der Waals surface area contributed by atoms with Crippen molar-refractivity contribution in [1.29, 1.82) is 0 Å². The third kappa shape index (κ3) is 3.65. The van der Waals surface area contributed by atoms with Crippen LogP contribution < -0.4 is 11.2 Å². The summed E-state index contributed by atoms with van der Waals surface area (Å²) in [4.78, 5) is 0. The molecule has 86 valence electrons. The molecule has 1 aliphatic rings. The van der Waals surface area contributed by atoms with Gasteiger partial charge in [-0.3, -0.25) is 5.43 Å². The summed E-state index contributed by atoms with van der Waals surface area (Å²) in [5.41, 5.74) is 9.26. The molecule has 0 saturated carbocycles. The Balaban J connectivity index is 2.69. The first-order valence-electron chi connectivity index (χ1n) is 5.32. The van der Waals surface area contributed by atoms with Gasteiger partial charge in [-0.15, -0.1) is 0 Å². The van der Waals surface area contributed by atoms with Crippen molar-refractivity contribution in [2.24, 2.45) is 16.8 Å². The van der Waals surface area contributed by atoms with Gasteiger partial charge in [-0.2, -0.15) is 16.9 Å². The predicted molar refractivity (Wildman–Crippen MR) is 72.3 cm³/mol. The molecular formula is C10H19N3S2. The molecule has 0 aromatic heterocycles. The highest BCUT2D eigenvalue weighted by Gasteiger charge is 2.29. The average molecular weight is 245 g/mol. The van der Waals surface area contributed by atoms with Gasteiger partial charge in [0, 0.05) is 22.1 Å². The maximum atomic E-state index is 5.36. The molecule has 0 aromatic carbocycles. The van der Waals surface area contributed by atoms with Crippen molar-refractivity contribution in [3.63, 3.8) is 0 Å². The maximum absolute atomic E-state index is 5.36. The van der Waals surface area contributed by atoms with Gasteiger partial charge in [-0.1, -0.05) is 20.8 Å². The summed E-state index contributed by atoms with van der Waals surface area (Å²) in [5.74, 6) is 0.512. The van der Waals surface area contributed by atoms with E-state index in [0.29, 0.717) is 16.4 Å². The molecule has 3 atom stereocenters. The Hall–Kier alpha value is -0.290. The van der Waals surface area contributed by atoms with Crippen LogP contribution >= 0.6 is 24.0 Å². The van der Waals surface area contributed by atoms with E-state index in [1.165, 1.54) is 12.1 Å². The predicted octanol–water partition coefficient (Wildman–Crippen LogP) is 2.12. The van der Waals surface area contributed by atoms with Gasteiger partial charge >= 0.3 is 0 Å². The summed E-state index contributed by atoms with van der Waals surface area (Å²) >= 11 is 6.80. The first-order valence-corrected chi connectivity index (χ1v) is 6.67. The molecule has 0 aliphatic carbocycles. The van der Waals surface area contributed by atoms with E-state index in [-0.39, 0.29) is 5.11 Å². The molecule has 1 aliphatic heterocycles. The second-order valence-electron chi connectivity index (χ2n) is 3.97. The Morgan fingerprint density at radius 1 is 1.67 bits per heavy atom. The molecule has 0 spiro atoms. The fraction of sp³-hybridized carbons (Fsp3) is 0.800. The van der Waals surface area contributed by atoms with Crippen LogP contribution in [0.15, 0.2) is 5.10 Å². The normalized spacial score (nSPS) is 34.1. The molecule has 0 radical (unpaired) electrons. The lowest BCUT2D eigenvalue weighted by atomic mass is 9.95. The first-order chi connectivity index (χ1) is 7.04. The first kappa shape index (κ1) is 12.8. The molecule has 1 heterocycles. The van der Waals surface area contributed by atoms with Crippen LogP contribution in [0.1, 0.15) is 33.6 Å². The zero-order valence-electron chi connectivity index (χ0n) is 9.49. The SMILES string of the molecule is CC[C@@H]1S[C@H](C)C/C(=N/NC(N)=S)[C@H]1C. The highest BCUT2D eigenvalue weighted by Crippen LogP contribution is 2.35. The van der Waals surface area contributed by atoms with Gasteiger partial charge in [-0.05, 0) is 25.1 Å². The number of nitrogens with zero attached hydrogens (tertiary/aromatic N) is 1. The lowest BCUT2D eigenvalue weighted by Gasteiger charge is -2.32. The summed E-state index contributed by atoms with van der Waals surface area (Å²) in [5, 5.41) is 5.85. The number of thioether (sulfide) groups is 1. The zero-order valence-corrected chi connectivity index (χ0v) is 11.1. The summed E-state index contributed by atoms with van der Waals surface area (Å²) in [7, 11) is 0. The summed E-state index contributed by atoms with van der Waals surface area (Å²) in [6, 6.07) is 0. The van der Waals surface area contributed by atoms with Gasteiger partial charge in [0.1, 0.15) is 0 Å². The van der Waals surface area contributed by atoms with E-state index < -0.39 is 0 Å². The fourth-order valence-corrected chi connectivity index (χ4v) is 3.38. The molecule has 0 aromatic rings. The highest BCUT2D eigenvalue weighted by atomic mass is 32.2. The Labute approximate surface area is 101 Å². The minimum atomic E-state index is 0.244. The van der Waals surface area contributed by atoms with Crippen molar-refractivity contribution in [2.45, 2.75) is 44.1 Å². The van der Waals surface area contributed by atoms with E-state index >= 15 is 0 Å². The summed E-state index contributed by atoms with van der Waals surface area (Å²) in [6.45, 7) is 6.70. The van der Waals surface area contributed by atoms with Crippen LogP contribution in [0.4, 0.5) is 0 Å². The smallest absolute Gasteiger partial charge is 0.184 e. The molecule has 0 bridgehead atoms. The zero-order chi connectivity index (χ0) is 11.4. The Kier molecular flexibility index (Phi) is 4.86. The molecule has 0 unspecified atom stereocenters. The van der Waals surface area contributed by atoms with E-state index in [2.05, 4.69) is 43.1 Å². The number of thiocarbonyl (C=S) groups is 1. The minimum absolute atomic E-state index is 0.244. The molecule has 1 saturated heterocycles. The van der Waals surface area contributed by atoms with Crippen LogP contribution in [0, 0.1) is 5.92 Å². The molecule has 0 amide bonds. The van der Waals surface area contributed by atoms with Crippen molar-refractivity contribution in [1.82, 2.24) is 5.43 Å². The number of hydrogen-bond acceptors (Lipinski definition) is 3. The maximum Gasteiger partial charge on any atom is 0.184 e. The van der Waals surface area contributed by atoms with Crippen LogP contribution in [-0.4, -0.2) is 21.3 Å². The van der Waals surface area contributed by atoms with Gasteiger partial charge in [0.15, 0.2) is 5.11 Å². The van der Waals surface area contributed by atoms with Crippen molar-refractivity contribution >= 4 is 34.8 Å². The third-order valence-corrected chi connectivity index (χ3v) is 4.51. The summed E-state index contributed by atoms with van der Waals surface area (Å²) in [6.07, 6.45) is 2.21. The van der Waals surface area contributed by atoms with Gasteiger partial charge < -0.3 is 5.73 Å². The van der Waals surface area contributed by atoms with Gasteiger partial charge in [0.05, 0.1) is 0 Å². The molecule has 3 N–H and O–H groups in total. The fourth-order valence-electron chi connectivity index (χ4n) is 1.88. The minimum Gasteiger partial charge on any atom is -0.375 e. The number of rotatable bonds is 2. The van der Waals surface area contributed by atoms with Crippen molar-refractivity contribution < 1.29 is 0 Å². The van der Waals surface area contributed by atoms with Gasteiger partial charge in [0.25, 0.3) is 0 Å². The standard InChI is InChI=1S/C10H19N3S2/c1-4-9-7(3)8(5-6(2)15-9)12-13-10(11)14/h6-7,9H,4-5H2,1-3H3,(H3,11,13,14)/b12-8-/t6-,7-,9+/m1/s1. The molecule has 15 heavy (non-hydrogen) atoms. The summed E-state index contributed by atoms with van der Waals surface area (Å²) < 4.78 is 0. The van der Waals surface area contributed by atoms with E-state index in [1.807, 2.05) is 0 Å². The Morgan fingerprint density at radius 3 is 2.87 bits per heavy atom. The number of nitrogens with two attached hydrogens (primary N) is 1. The monoisotopic (exact) mass is 245 g/mol. The molecule has 3 nitrogen and oxygen atoms in total. The largest absolute Gasteiger partial charge is 0.375 e. The van der Waals surface area contributed by atoms with Crippen molar-refractivity contribution in [2.75, 3.05) is 0 Å². The van der Waals surface area contributed by atoms with Crippen LogP contribution in [0.25, 0.3) is 0 Å². The van der Waals surface area contributed by atoms with E-state index in [1.54, 1.807) is 0 Å².